The molecule has 1 saturated heterocycles. The Hall–Kier alpha value is -3.54. The van der Waals surface area contributed by atoms with Crippen molar-refractivity contribution in [3.8, 4) is 11.8 Å². The monoisotopic (exact) mass is 372 g/mol. The van der Waals surface area contributed by atoms with Gasteiger partial charge in [0.2, 0.25) is 5.91 Å². The van der Waals surface area contributed by atoms with Crippen LogP contribution >= 0.6 is 0 Å². The number of benzene rings is 1. The van der Waals surface area contributed by atoms with Gasteiger partial charge in [-0.1, -0.05) is 0 Å². The van der Waals surface area contributed by atoms with Crippen LogP contribution in [-0.2, 0) is 4.79 Å². The number of amides is 2. The summed E-state index contributed by atoms with van der Waals surface area (Å²) in [6.45, 7) is -2.61. The van der Waals surface area contributed by atoms with E-state index in [0.29, 0.717) is 18.7 Å². The van der Waals surface area contributed by atoms with Crippen molar-refractivity contribution in [1.82, 2.24) is 10.3 Å². The van der Waals surface area contributed by atoms with Crippen molar-refractivity contribution in [3.05, 3.63) is 53.9 Å². The highest BCUT2D eigenvalue weighted by atomic mass is 19.3. The maximum absolute atomic E-state index is 12.6. The maximum atomic E-state index is 12.6. The van der Waals surface area contributed by atoms with Crippen molar-refractivity contribution >= 4 is 17.5 Å². The Labute approximate surface area is 153 Å². The molecule has 9 heteroatoms. The topological polar surface area (TPSA) is 95.3 Å². The van der Waals surface area contributed by atoms with Crippen molar-refractivity contribution in [3.63, 3.8) is 0 Å². The number of carbonyl (C=O) groups excluding carboxylic acids is 2. The van der Waals surface area contributed by atoms with Crippen LogP contribution in [0.1, 0.15) is 22.5 Å². The van der Waals surface area contributed by atoms with E-state index < -0.39 is 18.6 Å². The Balaban J connectivity index is 1.67. The summed E-state index contributed by atoms with van der Waals surface area (Å²) in [7, 11) is 0. The van der Waals surface area contributed by atoms with Gasteiger partial charge >= 0.3 is 6.61 Å². The average molecular weight is 372 g/mol. The number of nitrogens with zero attached hydrogens (tertiary/aromatic N) is 3. The maximum Gasteiger partial charge on any atom is 0.387 e. The van der Waals surface area contributed by atoms with Crippen molar-refractivity contribution in [2.75, 3.05) is 11.4 Å². The van der Waals surface area contributed by atoms with Crippen LogP contribution in [0.2, 0.25) is 0 Å². The largest absolute Gasteiger partial charge is 0.435 e. The van der Waals surface area contributed by atoms with Gasteiger partial charge in [-0.15, -0.1) is 0 Å². The molecule has 27 heavy (non-hydrogen) atoms. The summed E-state index contributed by atoms with van der Waals surface area (Å²) >= 11 is 0. The third-order valence-corrected chi connectivity index (χ3v) is 4.04. The molecule has 1 fully saturated rings. The molecule has 1 aromatic carbocycles. The second-order valence-electron chi connectivity index (χ2n) is 5.69. The normalized spacial score (nSPS) is 16.3. The molecule has 1 aromatic heterocycles. The highest BCUT2D eigenvalue weighted by molar-refractivity contribution is 6.04. The lowest BCUT2D eigenvalue weighted by Gasteiger charge is -2.17. The zero-order chi connectivity index (χ0) is 19.4. The number of pyridine rings is 1. The van der Waals surface area contributed by atoms with Gasteiger partial charge in [-0.25, -0.2) is 4.98 Å². The fourth-order valence-electron chi connectivity index (χ4n) is 2.78. The molecule has 0 bridgehead atoms. The smallest absolute Gasteiger partial charge is 0.387 e. The molecule has 7 nitrogen and oxygen atoms in total. The zero-order valence-corrected chi connectivity index (χ0v) is 13.9. The Morgan fingerprint density at radius 1 is 1.33 bits per heavy atom. The fourth-order valence-corrected chi connectivity index (χ4v) is 2.78. The molecule has 1 unspecified atom stereocenters. The van der Waals surface area contributed by atoms with Crippen molar-refractivity contribution in [2.24, 2.45) is 0 Å². The molecule has 1 aliphatic rings. The molecule has 0 radical (unpaired) electrons. The minimum atomic E-state index is -2.95. The summed E-state index contributed by atoms with van der Waals surface area (Å²) in [6, 6.07) is 9.59. The molecule has 2 amide bonds. The van der Waals surface area contributed by atoms with Gasteiger partial charge in [0.05, 0.1) is 5.69 Å². The van der Waals surface area contributed by atoms with E-state index in [-0.39, 0.29) is 22.9 Å². The van der Waals surface area contributed by atoms with Crippen LogP contribution in [0.25, 0.3) is 0 Å². The molecule has 2 aromatic rings. The van der Waals surface area contributed by atoms with Crippen molar-refractivity contribution in [1.29, 1.82) is 5.26 Å². The first-order valence-electron chi connectivity index (χ1n) is 8.02. The number of hydrogen-bond acceptors (Lipinski definition) is 5. The fraction of sp³-hybridized carbons (Fsp3) is 0.222. The first-order chi connectivity index (χ1) is 13.0. The predicted molar refractivity (Wildman–Crippen MR) is 90.3 cm³/mol. The first-order valence-corrected chi connectivity index (χ1v) is 8.02. The van der Waals surface area contributed by atoms with Gasteiger partial charge in [-0.05, 0) is 42.8 Å². The number of halogens is 2. The zero-order valence-electron chi connectivity index (χ0n) is 13.9. The van der Waals surface area contributed by atoms with Gasteiger partial charge in [0.1, 0.15) is 17.9 Å². The first kappa shape index (κ1) is 18.3. The Bertz CT molecular complexity index is 896. The van der Waals surface area contributed by atoms with E-state index in [0.717, 1.165) is 0 Å². The van der Waals surface area contributed by atoms with Crippen LogP contribution in [-0.4, -0.2) is 36.0 Å². The highest BCUT2D eigenvalue weighted by Gasteiger charge is 2.35. The second-order valence-corrected chi connectivity index (χ2v) is 5.69. The Morgan fingerprint density at radius 2 is 2.07 bits per heavy atom. The lowest BCUT2D eigenvalue weighted by Crippen LogP contribution is -2.41. The summed E-state index contributed by atoms with van der Waals surface area (Å²) in [6.07, 6.45) is 1.83. The van der Waals surface area contributed by atoms with Gasteiger partial charge < -0.3 is 15.0 Å². The van der Waals surface area contributed by atoms with Gasteiger partial charge in [-0.2, -0.15) is 14.0 Å². The van der Waals surface area contributed by atoms with Crippen molar-refractivity contribution < 1.29 is 23.1 Å². The number of nitrogens with one attached hydrogen (secondary N) is 1. The SMILES string of the molecule is N#Cc1ncccc1N1CCC(NC(=O)c2ccc(OC(F)F)cc2)C1=O. The quantitative estimate of drug-likeness (QED) is 0.867. The number of alkyl halides is 2. The number of carbonyl (C=O) groups is 2. The molecular weight excluding hydrogens is 358 g/mol. The number of ether oxygens (including phenoxy) is 1. The summed E-state index contributed by atoms with van der Waals surface area (Å²) in [5.41, 5.74) is 0.740. The minimum Gasteiger partial charge on any atom is -0.435 e. The molecule has 0 aliphatic carbocycles. The van der Waals surface area contributed by atoms with Gasteiger partial charge in [0.15, 0.2) is 5.69 Å². The molecule has 1 N–H and O–H groups in total. The number of rotatable bonds is 5. The summed E-state index contributed by atoms with van der Waals surface area (Å²) in [5, 5.41) is 11.7. The number of nitriles is 1. The molecule has 1 atom stereocenters. The summed E-state index contributed by atoms with van der Waals surface area (Å²) in [4.78, 5) is 30.2. The van der Waals surface area contributed by atoms with Crippen LogP contribution in [0.3, 0.4) is 0 Å². The Morgan fingerprint density at radius 3 is 2.74 bits per heavy atom. The standard InChI is InChI=1S/C18H14F2N4O3/c19-18(20)27-12-5-3-11(4-6-12)16(25)23-13-7-9-24(17(13)26)15-2-1-8-22-14(15)10-21/h1-6,8,13,18H,7,9H2,(H,23,25). The van der Waals surface area contributed by atoms with Crippen LogP contribution in [0.15, 0.2) is 42.6 Å². The Kier molecular flexibility index (Phi) is 5.26. The number of hydrogen-bond donors (Lipinski definition) is 1. The van der Waals surface area contributed by atoms with Gasteiger partial charge in [0.25, 0.3) is 5.91 Å². The lowest BCUT2D eigenvalue weighted by atomic mass is 10.1. The van der Waals surface area contributed by atoms with Crippen LogP contribution < -0.4 is 15.0 Å². The third-order valence-electron chi connectivity index (χ3n) is 4.04. The van der Waals surface area contributed by atoms with E-state index in [9.17, 15) is 18.4 Å². The van der Waals surface area contributed by atoms with E-state index in [2.05, 4.69) is 15.0 Å². The number of aromatic nitrogens is 1. The molecule has 2 heterocycles. The molecule has 0 saturated carbocycles. The molecular formula is C18H14F2N4O3. The lowest BCUT2D eigenvalue weighted by molar-refractivity contribution is -0.118. The van der Waals surface area contributed by atoms with E-state index in [1.165, 1.54) is 35.4 Å². The molecule has 1 aliphatic heterocycles. The van der Waals surface area contributed by atoms with E-state index >= 15 is 0 Å². The third kappa shape index (κ3) is 4.00. The van der Waals surface area contributed by atoms with E-state index in [4.69, 9.17) is 5.26 Å². The highest BCUT2D eigenvalue weighted by Crippen LogP contribution is 2.24. The van der Waals surface area contributed by atoms with E-state index in [1.807, 2.05) is 6.07 Å². The molecule has 138 valence electrons. The van der Waals surface area contributed by atoms with Crippen LogP contribution in [0.4, 0.5) is 14.5 Å². The van der Waals surface area contributed by atoms with E-state index in [1.54, 1.807) is 12.1 Å². The van der Waals surface area contributed by atoms with Gasteiger partial charge in [0, 0.05) is 18.3 Å². The van der Waals surface area contributed by atoms with Crippen molar-refractivity contribution in [2.45, 2.75) is 19.1 Å². The predicted octanol–water partition coefficient (Wildman–Crippen LogP) is 2.09. The second kappa shape index (κ2) is 7.78. The number of anilines is 1. The average Bonchev–Trinajstić information content (AvgIpc) is 3.02. The molecule has 0 spiro atoms. The van der Waals surface area contributed by atoms with Crippen LogP contribution in [0.5, 0.6) is 5.75 Å². The summed E-state index contributed by atoms with van der Waals surface area (Å²) in [5.74, 6) is -0.915. The summed E-state index contributed by atoms with van der Waals surface area (Å²) < 4.78 is 28.5. The minimum absolute atomic E-state index is 0.0646. The van der Waals surface area contributed by atoms with Gasteiger partial charge in [-0.3, -0.25) is 9.59 Å². The van der Waals surface area contributed by atoms with Crippen LogP contribution in [0, 0.1) is 11.3 Å². The molecule has 3 rings (SSSR count).